The van der Waals surface area contributed by atoms with Gasteiger partial charge < -0.3 is 9.47 Å². The summed E-state index contributed by atoms with van der Waals surface area (Å²) in [6.07, 6.45) is 12.2. The number of allylic oxidation sites excluding steroid dienone is 7. The number of ether oxygens (including phenoxy) is 2. The molecular formula is C16H20O2. The Hall–Kier alpha value is -1.70. The first-order chi connectivity index (χ1) is 8.70. The van der Waals surface area contributed by atoms with E-state index in [4.69, 9.17) is 9.47 Å². The van der Waals surface area contributed by atoms with Crippen LogP contribution in [0.3, 0.4) is 0 Å². The average Bonchev–Trinajstić information content (AvgIpc) is 2.55. The van der Waals surface area contributed by atoms with E-state index in [0.717, 1.165) is 11.5 Å². The molecule has 1 aliphatic carbocycles. The molecule has 0 spiro atoms. The molecule has 0 amide bonds. The van der Waals surface area contributed by atoms with Crippen LogP contribution in [0.4, 0.5) is 0 Å². The molecule has 1 unspecified atom stereocenters. The smallest absolute Gasteiger partial charge is 0.161 e. The molecule has 0 radical (unpaired) electrons. The standard InChI is InChI=1S/C16H20O2/c1-4-15-16(18-11-12(2)10-17-15)9-14-8-6-5-7-13(14)3/h4-9,12-13H,1,10-11H2,2-3H3/b14-9-/t12?,13-/m0/s1. The van der Waals surface area contributed by atoms with Crippen LogP contribution in [-0.4, -0.2) is 13.2 Å². The van der Waals surface area contributed by atoms with Gasteiger partial charge in [0.2, 0.25) is 0 Å². The molecule has 0 aromatic rings. The highest BCUT2D eigenvalue weighted by Gasteiger charge is 2.16. The molecular weight excluding hydrogens is 224 g/mol. The van der Waals surface area contributed by atoms with Crippen LogP contribution < -0.4 is 0 Å². The van der Waals surface area contributed by atoms with Crippen molar-refractivity contribution in [2.45, 2.75) is 13.8 Å². The highest BCUT2D eigenvalue weighted by atomic mass is 16.5. The fourth-order valence-electron chi connectivity index (χ4n) is 1.92. The van der Waals surface area contributed by atoms with Gasteiger partial charge in [0.05, 0.1) is 13.2 Å². The van der Waals surface area contributed by atoms with Crippen molar-refractivity contribution in [1.29, 1.82) is 0 Å². The zero-order chi connectivity index (χ0) is 13.0. The van der Waals surface area contributed by atoms with Gasteiger partial charge in [-0.15, -0.1) is 0 Å². The maximum Gasteiger partial charge on any atom is 0.161 e. The third-order valence-electron chi connectivity index (χ3n) is 3.10. The first-order valence-electron chi connectivity index (χ1n) is 6.39. The van der Waals surface area contributed by atoms with Crippen LogP contribution in [0.5, 0.6) is 0 Å². The molecule has 2 rings (SSSR count). The highest BCUT2D eigenvalue weighted by Crippen LogP contribution is 2.24. The van der Waals surface area contributed by atoms with Crippen molar-refractivity contribution < 1.29 is 9.47 Å². The van der Waals surface area contributed by atoms with E-state index in [9.17, 15) is 0 Å². The minimum Gasteiger partial charge on any atom is -0.489 e. The van der Waals surface area contributed by atoms with Gasteiger partial charge in [-0.2, -0.15) is 0 Å². The zero-order valence-electron chi connectivity index (χ0n) is 11.1. The molecule has 0 aromatic heterocycles. The summed E-state index contributed by atoms with van der Waals surface area (Å²) in [6, 6.07) is 0. The number of rotatable bonds is 2. The second-order valence-electron chi connectivity index (χ2n) is 4.84. The molecule has 0 bridgehead atoms. The van der Waals surface area contributed by atoms with Gasteiger partial charge in [0, 0.05) is 5.92 Å². The molecule has 0 saturated carbocycles. The Bertz CT molecular complexity index is 438. The van der Waals surface area contributed by atoms with E-state index in [0.29, 0.717) is 25.0 Å². The molecule has 1 heterocycles. The summed E-state index contributed by atoms with van der Waals surface area (Å²) < 4.78 is 11.5. The van der Waals surface area contributed by atoms with Gasteiger partial charge in [0.25, 0.3) is 0 Å². The van der Waals surface area contributed by atoms with Crippen LogP contribution in [0.2, 0.25) is 0 Å². The van der Waals surface area contributed by atoms with E-state index in [1.54, 1.807) is 6.08 Å². The molecule has 0 N–H and O–H groups in total. The predicted molar refractivity (Wildman–Crippen MR) is 73.8 cm³/mol. The van der Waals surface area contributed by atoms with Gasteiger partial charge in [-0.3, -0.25) is 0 Å². The molecule has 1 aliphatic heterocycles. The van der Waals surface area contributed by atoms with Gasteiger partial charge in [-0.25, -0.2) is 0 Å². The quantitative estimate of drug-likeness (QED) is 0.736. The lowest BCUT2D eigenvalue weighted by Crippen LogP contribution is -2.07. The Labute approximate surface area is 109 Å². The molecule has 2 heteroatoms. The Morgan fingerprint density at radius 2 is 1.89 bits per heavy atom. The fraction of sp³-hybridized carbons (Fsp3) is 0.375. The van der Waals surface area contributed by atoms with Crippen molar-refractivity contribution in [2.75, 3.05) is 13.2 Å². The summed E-state index contributed by atoms with van der Waals surface area (Å²) >= 11 is 0. The minimum absolute atomic E-state index is 0.398. The van der Waals surface area contributed by atoms with Crippen LogP contribution in [0.1, 0.15) is 13.8 Å². The van der Waals surface area contributed by atoms with Crippen molar-refractivity contribution in [1.82, 2.24) is 0 Å². The Balaban J connectivity index is 2.26. The third-order valence-corrected chi connectivity index (χ3v) is 3.10. The SMILES string of the molecule is C=CC1=C(/C=C2/C=CC=C[C@@H]2C)OCC(C)CO1. The summed E-state index contributed by atoms with van der Waals surface area (Å²) in [6.45, 7) is 9.43. The molecule has 0 saturated heterocycles. The molecule has 96 valence electrons. The maximum atomic E-state index is 5.82. The number of hydrogen-bond acceptors (Lipinski definition) is 2. The molecule has 2 atom stereocenters. The van der Waals surface area contributed by atoms with Crippen molar-refractivity contribution in [2.24, 2.45) is 11.8 Å². The lowest BCUT2D eigenvalue weighted by Gasteiger charge is -2.13. The van der Waals surface area contributed by atoms with Crippen molar-refractivity contribution in [3.05, 3.63) is 60.1 Å². The van der Waals surface area contributed by atoms with Crippen molar-refractivity contribution >= 4 is 0 Å². The van der Waals surface area contributed by atoms with Crippen LogP contribution in [0, 0.1) is 11.8 Å². The molecule has 2 nitrogen and oxygen atoms in total. The first kappa shape index (κ1) is 12.7. The predicted octanol–water partition coefficient (Wildman–Crippen LogP) is 3.76. The topological polar surface area (TPSA) is 18.5 Å². The first-order valence-corrected chi connectivity index (χ1v) is 6.39. The van der Waals surface area contributed by atoms with E-state index in [-0.39, 0.29) is 0 Å². The van der Waals surface area contributed by atoms with E-state index < -0.39 is 0 Å². The molecule has 18 heavy (non-hydrogen) atoms. The lowest BCUT2D eigenvalue weighted by molar-refractivity contribution is 0.158. The van der Waals surface area contributed by atoms with Gasteiger partial charge in [0.15, 0.2) is 11.5 Å². The lowest BCUT2D eigenvalue weighted by atomic mass is 9.96. The third kappa shape index (κ3) is 2.95. The normalized spacial score (nSPS) is 29.8. The highest BCUT2D eigenvalue weighted by molar-refractivity contribution is 5.38. The molecule has 0 aromatic carbocycles. The van der Waals surface area contributed by atoms with E-state index in [1.807, 2.05) is 6.08 Å². The summed E-state index contributed by atoms with van der Waals surface area (Å²) in [5, 5.41) is 0. The monoisotopic (exact) mass is 244 g/mol. The zero-order valence-corrected chi connectivity index (χ0v) is 11.1. The van der Waals surface area contributed by atoms with Crippen LogP contribution >= 0.6 is 0 Å². The van der Waals surface area contributed by atoms with Crippen molar-refractivity contribution in [3.63, 3.8) is 0 Å². The van der Waals surface area contributed by atoms with Crippen LogP contribution in [-0.2, 0) is 9.47 Å². The summed E-state index contributed by atoms with van der Waals surface area (Å²) in [5.74, 6) is 2.33. The van der Waals surface area contributed by atoms with Crippen LogP contribution in [0.15, 0.2) is 60.1 Å². The largest absolute Gasteiger partial charge is 0.489 e. The molecule has 0 fully saturated rings. The Kier molecular flexibility index (Phi) is 4.08. The minimum atomic E-state index is 0.398. The Morgan fingerprint density at radius 1 is 1.17 bits per heavy atom. The van der Waals surface area contributed by atoms with Gasteiger partial charge in [0.1, 0.15) is 0 Å². The van der Waals surface area contributed by atoms with Crippen molar-refractivity contribution in [3.8, 4) is 0 Å². The fourth-order valence-corrected chi connectivity index (χ4v) is 1.92. The summed E-state index contributed by atoms with van der Waals surface area (Å²) in [5.41, 5.74) is 1.23. The summed E-state index contributed by atoms with van der Waals surface area (Å²) in [7, 11) is 0. The van der Waals surface area contributed by atoms with E-state index in [2.05, 4.69) is 44.7 Å². The average molecular weight is 244 g/mol. The number of hydrogen-bond donors (Lipinski definition) is 0. The second kappa shape index (κ2) is 5.76. The Morgan fingerprint density at radius 3 is 2.56 bits per heavy atom. The maximum absolute atomic E-state index is 5.82. The van der Waals surface area contributed by atoms with Gasteiger partial charge in [-0.05, 0) is 23.6 Å². The molecule has 2 aliphatic rings. The van der Waals surface area contributed by atoms with Crippen LogP contribution in [0.25, 0.3) is 0 Å². The van der Waals surface area contributed by atoms with Gasteiger partial charge >= 0.3 is 0 Å². The summed E-state index contributed by atoms with van der Waals surface area (Å²) in [4.78, 5) is 0. The van der Waals surface area contributed by atoms with E-state index in [1.165, 1.54) is 5.57 Å². The second-order valence-corrected chi connectivity index (χ2v) is 4.84. The van der Waals surface area contributed by atoms with Gasteiger partial charge in [-0.1, -0.05) is 44.7 Å². The van der Waals surface area contributed by atoms with E-state index >= 15 is 0 Å².